The molecule has 0 fully saturated rings. The molecule has 0 spiro atoms. The number of phenolic OH excluding ortho intramolecular Hbond substituents is 1. The van der Waals surface area contributed by atoms with E-state index in [4.69, 9.17) is 9.88 Å². The molecular formula is C10H15NO4S. The highest BCUT2D eigenvalue weighted by molar-refractivity contribution is 7.89. The summed E-state index contributed by atoms with van der Waals surface area (Å²) in [6.07, 6.45) is 0. The second kappa shape index (κ2) is 3.95. The third kappa shape index (κ3) is 3.39. The van der Waals surface area contributed by atoms with E-state index in [-0.39, 0.29) is 4.90 Å². The number of primary sulfonamides is 1. The van der Waals surface area contributed by atoms with Gasteiger partial charge in [0.05, 0.1) is 0 Å². The van der Waals surface area contributed by atoms with Crippen LogP contribution in [0.5, 0.6) is 11.5 Å². The Hall–Kier alpha value is -1.27. The van der Waals surface area contributed by atoms with Gasteiger partial charge in [-0.05, 0) is 32.9 Å². The molecule has 1 aromatic carbocycles. The Bertz CT molecular complexity index is 488. The fourth-order valence-corrected chi connectivity index (χ4v) is 1.76. The Balaban J connectivity index is 3.10. The predicted molar refractivity (Wildman–Crippen MR) is 59.9 cm³/mol. The van der Waals surface area contributed by atoms with E-state index in [0.717, 1.165) is 0 Å². The van der Waals surface area contributed by atoms with Gasteiger partial charge in [0.15, 0.2) is 0 Å². The van der Waals surface area contributed by atoms with Gasteiger partial charge in [0.2, 0.25) is 10.0 Å². The molecule has 3 N–H and O–H groups in total. The van der Waals surface area contributed by atoms with Gasteiger partial charge in [0.25, 0.3) is 0 Å². The molecule has 0 aliphatic heterocycles. The molecule has 0 heterocycles. The van der Waals surface area contributed by atoms with Gasteiger partial charge in [-0.25, -0.2) is 13.6 Å². The minimum Gasteiger partial charge on any atom is -0.506 e. The molecule has 0 saturated heterocycles. The van der Waals surface area contributed by atoms with Gasteiger partial charge in [-0.15, -0.1) is 0 Å². The van der Waals surface area contributed by atoms with Crippen LogP contribution in [-0.2, 0) is 10.0 Å². The van der Waals surface area contributed by atoms with Crippen LogP contribution in [0, 0.1) is 0 Å². The lowest BCUT2D eigenvalue weighted by atomic mass is 10.2. The second-order valence-electron chi connectivity index (χ2n) is 4.39. The Labute approximate surface area is 94.9 Å². The third-order valence-electron chi connectivity index (χ3n) is 1.66. The van der Waals surface area contributed by atoms with Crippen molar-refractivity contribution in [3.8, 4) is 11.5 Å². The van der Waals surface area contributed by atoms with E-state index in [1.165, 1.54) is 18.2 Å². The van der Waals surface area contributed by atoms with Crippen molar-refractivity contribution in [3.63, 3.8) is 0 Å². The Kier molecular flexibility index (Phi) is 3.16. The molecule has 0 radical (unpaired) electrons. The van der Waals surface area contributed by atoms with Crippen LogP contribution in [0.25, 0.3) is 0 Å². The van der Waals surface area contributed by atoms with Crippen LogP contribution >= 0.6 is 0 Å². The van der Waals surface area contributed by atoms with Crippen molar-refractivity contribution in [2.75, 3.05) is 0 Å². The summed E-state index contributed by atoms with van der Waals surface area (Å²) in [7, 11) is -3.90. The van der Waals surface area contributed by atoms with Crippen molar-refractivity contribution in [3.05, 3.63) is 18.2 Å². The zero-order valence-electron chi connectivity index (χ0n) is 9.39. The van der Waals surface area contributed by atoms with Crippen molar-refractivity contribution in [1.82, 2.24) is 0 Å². The Morgan fingerprint density at radius 1 is 1.31 bits per heavy atom. The van der Waals surface area contributed by atoms with Crippen molar-refractivity contribution in [2.24, 2.45) is 5.14 Å². The van der Waals surface area contributed by atoms with Crippen LogP contribution in [0.3, 0.4) is 0 Å². The fourth-order valence-electron chi connectivity index (χ4n) is 1.15. The van der Waals surface area contributed by atoms with Crippen LogP contribution in [0.2, 0.25) is 0 Å². The quantitative estimate of drug-likeness (QED) is 0.819. The molecular weight excluding hydrogens is 230 g/mol. The Morgan fingerprint density at radius 3 is 2.25 bits per heavy atom. The normalized spacial score (nSPS) is 12.5. The van der Waals surface area contributed by atoms with Gasteiger partial charge in [-0.2, -0.15) is 0 Å². The molecule has 6 heteroatoms. The summed E-state index contributed by atoms with van der Waals surface area (Å²) in [4.78, 5) is -0.311. The summed E-state index contributed by atoms with van der Waals surface area (Å²) >= 11 is 0. The molecule has 0 aliphatic carbocycles. The molecule has 0 amide bonds. The number of phenols is 1. The highest BCUT2D eigenvalue weighted by Crippen LogP contribution is 2.28. The maximum Gasteiger partial charge on any atom is 0.241 e. The standard InChI is InChI=1S/C10H15NO4S/c1-10(2,3)15-7-4-5-9(8(12)6-7)16(11,13)14/h4-6,12H,1-3H3,(H2,11,13,14). The minimum atomic E-state index is -3.90. The summed E-state index contributed by atoms with van der Waals surface area (Å²) in [6.45, 7) is 5.53. The van der Waals surface area contributed by atoms with E-state index >= 15 is 0 Å². The van der Waals surface area contributed by atoms with Gasteiger partial charge in [0.1, 0.15) is 22.0 Å². The van der Waals surface area contributed by atoms with Crippen LogP contribution in [0.15, 0.2) is 23.1 Å². The molecule has 0 aromatic heterocycles. The summed E-state index contributed by atoms with van der Waals surface area (Å²) in [5, 5.41) is 14.4. The average molecular weight is 245 g/mol. The number of aromatic hydroxyl groups is 1. The first-order valence-electron chi connectivity index (χ1n) is 4.64. The summed E-state index contributed by atoms with van der Waals surface area (Å²) < 4.78 is 27.5. The third-order valence-corrected chi connectivity index (χ3v) is 2.62. The lowest BCUT2D eigenvalue weighted by molar-refractivity contribution is 0.130. The first kappa shape index (κ1) is 12.8. The Morgan fingerprint density at radius 2 is 1.88 bits per heavy atom. The van der Waals surface area contributed by atoms with Crippen LogP contribution < -0.4 is 9.88 Å². The lowest BCUT2D eigenvalue weighted by Crippen LogP contribution is -2.23. The number of benzene rings is 1. The zero-order valence-corrected chi connectivity index (χ0v) is 10.2. The summed E-state index contributed by atoms with van der Waals surface area (Å²) in [6, 6.07) is 3.89. The first-order chi connectivity index (χ1) is 7.09. The predicted octanol–water partition coefficient (Wildman–Crippen LogP) is 1.22. The molecule has 5 nitrogen and oxygen atoms in total. The van der Waals surface area contributed by atoms with Crippen LogP contribution in [0.1, 0.15) is 20.8 Å². The van der Waals surface area contributed by atoms with Crippen molar-refractivity contribution < 1.29 is 18.3 Å². The van der Waals surface area contributed by atoms with Gasteiger partial charge < -0.3 is 9.84 Å². The number of hydrogen-bond donors (Lipinski definition) is 2. The SMILES string of the molecule is CC(C)(C)Oc1ccc(S(N)(=O)=O)c(O)c1. The smallest absolute Gasteiger partial charge is 0.241 e. The average Bonchev–Trinajstić information content (AvgIpc) is 1.97. The van der Waals surface area contributed by atoms with Crippen LogP contribution in [0.4, 0.5) is 0 Å². The lowest BCUT2D eigenvalue weighted by Gasteiger charge is -2.21. The number of ether oxygens (including phenoxy) is 1. The molecule has 1 rings (SSSR count). The number of sulfonamides is 1. The van der Waals surface area contributed by atoms with E-state index < -0.39 is 21.4 Å². The van der Waals surface area contributed by atoms with Crippen molar-refractivity contribution in [2.45, 2.75) is 31.3 Å². The summed E-state index contributed by atoms with van der Waals surface area (Å²) in [5.41, 5.74) is -0.421. The van der Waals surface area contributed by atoms with Gasteiger partial charge in [-0.1, -0.05) is 0 Å². The highest BCUT2D eigenvalue weighted by Gasteiger charge is 2.17. The second-order valence-corrected chi connectivity index (χ2v) is 5.92. The van der Waals surface area contributed by atoms with Gasteiger partial charge in [0, 0.05) is 6.07 Å². The molecule has 0 atom stereocenters. The maximum absolute atomic E-state index is 11.0. The minimum absolute atomic E-state index is 0.311. The largest absolute Gasteiger partial charge is 0.506 e. The summed E-state index contributed by atoms with van der Waals surface area (Å²) in [5.74, 6) is -0.0262. The topological polar surface area (TPSA) is 89.6 Å². The first-order valence-corrected chi connectivity index (χ1v) is 6.19. The number of hydrogen-bond acceptors (Lipinski definition) is 4. The molecule has 0 saturated carbocycles. The number of rotatable bonds is 2. The number of nitrogens with two attached hydrogens (primary N) is 1. The molecule has 90 valence electrons. The maximum atomic E-state index is 11.0. The zero-order chi connectivity index (χ0) is 12.6. The molecule has 0 unspecified atom stereocenters. The van der Waals surface area contributed by atoms with Gasteiger partial charge >= 0.3 is 0 Å². The molecule has 1 aromatic rings. The highest BCUT2D eigenvalue weighted by atomic mass is 32.2. The molecule has 0 bridgehead atoms. The van der Waals surface area contributed by atoms with E-state index in [1.807, 2.05) is 20.8 Å². The van der Waals surface area contributed by atoms with Crippen molar-refractivity contribution >= 4 is 10.0 Å². The van der Waals surface area contributed by atoms with Gasteiger partial charge in [-0.3, -0.25) is 0 Å². The van der Waals surface area contributed by atoms with Crippen molar-refractivity contribution in [1.29, 1.82) is 0 Å². The monoisotopic (exact) mass is 245 g/mol. The van der Waals surface area contributed by atoms with Crippen LogP contribution in [-0.4, -0.2) is 19.1 Å². The van der Waals surface area contributed by atoms with E-state index in [0.29, 0.717) is 5.75 Å². The molecule has 0 aliphatic rings. The van der Waals surface area contributed by atoms with E-state index in [2.05, 4.69) is 0 Å². The van der Waals surface area contributed by atoms with E-state index in [9.17, 15) is 13.5 Å². The molecule has 16 heavy (non-hydrogen) atoms. The van der Waals surface area contributed by atoms with E-state index in [1.54, 1.807) is 0 Å². The fraction of sp³-hybridized carbons (Fsp3) is 0.400.